The predicted molar refractivity (Wildman–Crippen MR) is 62.9 cm³/mol. The van der Waals surface area contributed by atoms with Crippen LogP contribution < -0.4 is 0 Å². The van der Waals surface area contributed by atoms with Crippen LogP contribution in [-0.2, 0) is 12.8 Å². The van der Waals surface area contributed by atoms with Gasteiger partial charge in [0, 0.05) is 5.92 Å². The minimum absolute atomic E-state index is 0.300. The molecule has 0 bridgehead atoms. The van der Waals surface area contributed by atoms with E-state index in [0.29, 0.717) is 10.8 Å². The first-order chi connectivity index (χ1) is 7.83. The summed E-state index contributed by atoms with van der Waals surface area (Å²) in [6.45, 7) is 0. The summed E-state index contributed by atoms with van der Waals surface area (Å²) in [7, 11) is 0. The predicted octanol–water partition coefficient (Wildman–Crippen LogP) is 3.00. The van der Waals surface area contributed by atoms with Crippen LogP contribution in [0.15, 0.2) is 28.8 Å². The smallest absolute Gasteiger partial charge is 0.314 e. The number of aromatic amines is 1. The monoisotopic (exact) mass is 232 g/mol. The van der Waals surface area contributed by atoms with Gasteiger partial charge >= 0.3 is 4.84 Å². The van der Waals surface area contributed by atoms with E-state index < -0.39 is 0 Å². The van der Waals surface area contributed by atoms with Gasteiger partial charge in [-0.2, -0.15) is 4.98 Å². The molecule has 1 aromatic carbocycles. The maximum Gasteiger partial charge on any atom is 0.314 e. The lowest BCUT2D eigenvalue weighted by atomic mass is 9.83. The average molecular weight is 232 g/mol. The Morgan fingerprint density at radius 2 is 2.12 bits per heavy atom. The van der Waals surface area contributed by atoms with Gasteiger partial charge in [0.25, 0.3) is 0 Å². The Balaban J connectivity index is 1.90. The van der Waals surface area contributed by atoms with Gasteiger partial charge in [-0.15, -0.1) is 0 Å². The minimum atomic E-state index is 0.300. The molecule has 16 heavy (non-hydrogen) atoms. The van der Waals surface area contributed by atoms with E-state index in [1.54, 1.807) is 0 Å². The zero-order valence-corrected chi connectivity index (χ0v) is 9.59. The standard InChI is InChI=1S/C12H12N2OS/c16-12-13-11(14-15-12)10-6-5-8-3-1-2-4-9(8)7-10/h1-4,10H,5-7H2,(H,13,14,16). The summed E-state index contributed by atoms with van der Waals surface area (Å²) in [5.74, 6) is 1.30. The molecule has 1 aliphatic carbocycles. The first-order valence-corrected chi connectivity index (χ1v) is 5.86. The quantitative estimate of drug-likeness (QED) is 0.768. The number of nitrogens with one attached hydrogen (secondary N) is 1. The molecule has 1 atom stereocenters. The Hall–Kier alpha value is -1.42. The topological polar surface area (TPSA) is 41.8 Å². The number of hydrogen-bond donors (Lipinski definition) is 1. The molecule has 1 aliphatic rings. The van der Waals surface area contributed by atoms with Crippen molar-refractivity contribution >= 4 is 12.2 Å². The van der Waals surface area contributed by atoms with Crippen molar-refractivity contribution in [2.24, 2.45) is 0 Å². The molecule has 2 aromatic rings. The second kappa shape index (κ2) is 3.87. The minimum Gasteiger partial charge on any atom is -0.348 e. The molecule has 82 valence electrons. The van der Waals surface area contributed by atoms with Crippen LogP contribution in [0.25, 0.3) is 0 Å². The van der Waals surface area contributed by atoms with E-state index in [1.807, 2.05) is 0 Å². The molecule has 0 aliphatic heterocycles. The molecule has 1 unspecified atom stereocenters. The molecule has 0 radical (unpaired) electrons. The molecule has 3 nitrogen and oxygen atoms in total. The zero-order chi connectivity index (χ0) is 11.0. The molecule has 0 saturated heterocycles. The molecule has 1 heterocycles. The highest BCUT2D eigenvalue weighted by atomic mass is 32.1. The Bertz CT molecular complexity index is 558. The Kier molecular flexibility index (Phi) is 2.36. The number of aromatic nitrogens is 2. The van der Waals surface area contributed by atoms with Crippen molar-refractivity contribution in [3.05, 3.63) is 46.1 Å². The molecule has 4 heteroatoms. The summed E-state index contributed by atoms with van der Waals surface area (Å²) in [6.07, 6.45) is 3.23. The van der Waals surface area contributed by atoms with Crippen molar-refractivity contribution in [2.45, 2.75) is 25.2 Å². The van der Waals surface area contributed by atoms with Gasteiger partial charge in [0.2, 0.25) is 0 Å². The highest BCUT2D eigenvalue weighted by molar-refractivity contribution is 7.71. The van der Waals surface area contributed by atoms with Crippen LogP contribution in [0, 0.1) is 4.84 Å². The van der Waals surface area contributed by atoms with Crippen LogP contribution in [0.4, 0.5) is 0 Å². The van der Waals surface area contributed by atoms with Gasteiger partial charge in [-0.05, 0) is 42.6 Å². The fourth-order valence-electron chi connectivity index (χ4n) is 2.35. The fraction of sp³-hybridized carbons (Fsp3) is 0.333. The van der Waals surface area contributed by atoms with E-state index in [4.69, 9.17) is 16.7 Å². The van der Waals surface area contributed by atoms with E-state index in [9.17, 15) is 0 Å². The summed E-state index contributed by atoms with van der Waals surface area (Å²) in [5, 5.41) is 2.82. The molecule has 1 aromatic heterocycles. The Morgan fingerprint density at radius 1 is 1.31 bits per heavy atom. The normalized spacial score (nSPS) is 19.4. The third kappa shape index (κ3) is 1.69. The maximum atomic E-state index is 4.98. The van der Waals surface area contributed by atoms with Crippen molar-refractivity contribution in [3.63, 3.8) is 0 Å². The van der Waals surface area contributed by atoms with Gasteiger partial charge in [-0.1, -0.05) is 24.3 Å². The van der Waals surface area contributed by atoms with E-state index in [1.165, 1.54) is 11.1 Å². The number of rotatable bonds is 1. The number of benzene rings is 1. The fourth-order valence-corrected chi connectivity index (χ4v) is 2.49. The number of H-pyrrole nitrogens is 1. The Morgan fingerprint density at radius 3 is 2.88 bits per heavy atom. The Labute approximate surface area is 98.5 Å². The van der Waals surface area contributed by atoms with Gasteiger partial charge in [0.1, 0.15) is 5.82 Å². The summed E-state index contributed by atoms with van der Waals surface area (Å²) in [4.78, 5) is 4.50. The van der Waals surface area contributed by atoms with Crippen LogP contribution in [0.2, 0.25) is 0 Å². The number of fused-ring (bicyclic) bond motifs is 1. The van der Waals surface area contributed by atoms with Crippen LogP contribution in [0.3, 0.4) is 0 Å². The molecule has 0 saturated carbocycles. The van der Waals surface area contributed by atoms with Gasteiger partial charge in [-0.3, -0.25) is 0 Å². The lowest BCUT2D eigenvalue weighted by Crippen LogP contribution is -2.13. The maximum absolute atomic E-state index is 4.98. The molecular weight excluding hydrogens is 220 g/mol. The molecule has 1 N–H and O–H groups in total. The third-order valence-electron chi connectivity index (χ3n) is 3.19. The van der Waals surface area contributed by atoms with Gasteiger partial charge < -0.3 is 4.52 Å². The van der Waals surface area contributed by atoms with Crippen LogP contribution in [0.1, 0.15) is 29.3 Å². The lowest BCUT2D eigenvalue weighted by Gasteiger charge is -2.22. The van der Waals surface area contributed by atoms with Crippen LogP contribution in [-0.4, -0.2) is 10.1 Å². The van der Waals surface area contributed by atoms with E-state index in [2.05, 4.69) is 34.4 Å². The van der Waals surface area contributed by atoms with Crippen LogP contribution in [0.5, 0.6) is 0 Å². The first-order valence-electron chi connectivity index (χ1n) is 5.45. The van der Waals surface area contributed by atoms with Crippen molar-refractivity contribution in [2.75, 3.05) is 0 Å². The largest absolute Gasteiger partial charge is 0.348 e. The average Bonchev–Trinajstić information content (AvgIpc) is 2.75. The second-order valence-corrected chi connectivity index (χ2v) is 4.52. The second-order valence-electron chi connectivity index (χ2n) is 4.18. The summed E-state index contributed by atoms with van der Waals surface area (Å²) in [5.41, 5.74) is 2.88. The summed E-state index contributed by atoms with van der Waals surface area (Å²) < 4.78 is 4.98. The van der Waals surface area contributed by atoms with Gasteiger partial charge in [-0.25, -0.2) is 5.16 Å². The zero-order valence-electron chi connectivity index (χ0n) is 8.77. The van der Waals surface area contributed by atoms with E-state index >= 15 is 0 Å². The highest BCUT2D eigenvalue weighted by Gasteiger charge is 2.22. The first kappa shape index (κ1) is 9.78. The highest BCUT2D eigenvalue weighted by Crippen LogP contribution is 2.30. The van der Waals surface area contributed by atoms with Crippen molar-refractivity contribution in [3.8, 4) is 0 Å². The van der Waals surface area contributed by atoms with Gasteiger partial charge in [0.15, 0.2) is 0 Å². The van der Waals surface area contributed by atoms with Crippen molar-refractivity contribution in [1.29, 1.82) is 0 Å². The van der Waals surface area contributed by atoms with E-state index in [0.717, 1.165) is 25.1 Å². The molecular formula is C12H12N2OS. The van der Waals surface area contributed by atoms with Crippen molar-refractivity contribution in [1.82, 2.24) is 10.1 Å². The summed E-state index contributed by atoms with van der Waals surface area (Å²) in [6, 6.07) is 8.59. The van der Waals surface area contributed by atoms with Crippen LogP contribution >= 0.6 is 12.2 Å². The molecule has 0 spiro atoms. The number of nitrogens with zero attached hydrogens (tertiary/aromatic N) is 1. The third-order valence-corrected chi connectivity index (χ3v) is 3.36. The molecule has 0 fully saturated rings. The van der Waals surface area contributed by atoms with Gasteiger partial charge in [0.05, 0.1) is 0 Å². The van der Waals surface area contributed by atoms with Crippen molar-refractivity contribution < 1.29 is 4.52 Å². The van der Waals surface area contributed by atoms with E-state index in [-0.39, 0.29) is 0 Å². The molecule has 3 rings (SSSR count). The summed E-state index contributed by atoms with van der Waals surface area (Å²) >= 11 is 4.87. The lowest BCUT2D eigenvalue weighted by molar-refractivity contribution is 0.389. The molecule has 0 amide bonds. The number of hydrogen-bond acceptors (Lipinski definition) is 3. The SMILES string of the molecule is S=c1nc(C2CCc3ccccc3C2)[nH]o1. The number of aryl methyl sites for hydroxylation is 1.